The monoisotopic (exact) mass is 261 g/mol. The van der Waals surface area contributed by atoms with Crippen molar-refractivity contribution in [3.05, 3.63) is 35.9 Å². The summed E-state index contributed by atoms with van der Waals surface area (Å²) in [5.41, 5.74) is 1.38. The van der Waals surface area contributed by atoms with Crippen LogP contribution in [0, 0.1) is 11.8 Å². The molecular weight excluding hydrogens is 238 g/mol. The number of nitrogens with zero attached hydrogens (tertiary/aromatic N) is 1. The molecule has 1 atom stereocenters. The van der Waals surface area contributed by atoms with Crippen LogP contribution >= 0.6 is 0 Å². The van der Waals surface area contributed by atoms with Gasteiger partial charge in [0, 0.05) is 6.54 Å². The zero-order chi connectivity index (χ0) is 13.7. The van der Waals surface area contributed by atoms with E-state index in [0.717, 1.165) is 38.9 Å². The molecule has 2 rings (SSSR count). The lowest BCUT2D eigenvalue weighted by Crippen LogP contribution is -2.38. The van der Waals surface area contributed by atoms with Crippen LogP contribution in [0.3, 0.4) is 0 Å². The number of hydrogen-bond acceptors (Lipinski definition) is 2. The first-order chi connectivity index (χ1) is 9.16. The summed E-state index contributed by atoms with van der Waals surface area (Å²) in [4.78, 5) is 13.4. The fraction of sp³-hybridized carbons (Fsp3) is 0.562. The smallest absolute Gasteiger partial charge is 0.306 e. The van der Waals surface area contributed by atoms with Gasteiger partial charge in [0.2, 0.25) is 0 Å². The van der Waals surface area contributed by atoms with Crippen LogP contribution in [0.5, 0.6) is 0 Å². The van der Waals surface area contributed by atoms with Gasteiger partial charge in [0.25, 0.3) is 0 Å². The number of benzene rings is 1. The van der Waals surface area contributed by atoms with Gasteiger partial charge < -0.3 is 10.0 Å². The van der Waals surface area contributed by atoms with Gasteiger partial charge in [-0.2, -0.15) is 0 Å². The van der Waals surface area contributed by atoms with E-state index in [4.69, 9.17) is 5.11 Å². The molecule has 0 bridgehead atoms. The Morgan fingerprint density at radius 3 is 2.53 bits per heavy atom. The number of aliphatic carboxylic acids is 1. The molecule has 1 aromatic carbocycles. The lowest BCUT2D eigenvalue weighted by Gasteiger charge is -2.33. The topological polar surface area (TPSA) is 40.5 Å². The molecule has 1 heterocycles. The first-order valence-corrected chi connectivity index (χ1v) is 7.16. The Balaban J connectivity index is 1.73. The Bertz CT molecular complexity index is 396. The number of piperidine rings is 1. The predicted octanol–water partition coefficient (Wildman–Crippen LogP) is 2.66. The minimum absolute atomic E-state index is 0.198. The molecule has 19 heavy (non-hydrogen) atoms. The van der Waals surface area contributed by atoms with Crippen molar-refractivity contribution in [1.29, 1.82) is 0 Å². The summed E-state index contributed by atoms with van der Waals surface area (Å²) < 4.78 is 0. The Hall–Kier alpha value is -1.35. The number of carboxylic acids is 1. The average Bonchev–Trinajstić information content (AvgIpc) is 2.46. The highest BCUT2D eigenvalue weighted by molar-refractivity contribution is 5.69. The van der Waals surface area contributed by atoms with Crippen molar-refractivity contribution < 1.29 is 9.90 Å². The van der Waals surface area contributed by atoms with Crippen molar-refractivity contribution in [3.8, 4) is 0 Å². The molecule has 0 spiro atoms. The first kappa shape index (κ1) is 14.1. The number of carboxylic acid groups (broad SMARTS) is 1. The van der Waals surface area contributed by atoms with Crippen LogP contribution in [-0.4, -0.2) is 35.6 Å². The summed E-state index contributed by atoms with van der Waals surface area (Å²) in [6.07, 6.45) is 3.12. The van der Waals surface area contributed by atoms with Gasteiger partial charge in [-0.25, -0.2) is 0 Å². The lowest BCUT2D eigenvalue weighted by molar-refractivity contribution is -0.143. The van der Waals surface area contributed by atoms with E-state index in [9.17, 15) is 4.79 Å². The fourth-order valence-electron chi connectivity index (χ4n) is 2.81. The first-order valence-electron chi connectivity index (χ1n) is 7.16. The van der Waals surface area contributed by atoms with E-state index in [1.54, 1.807) is 0 Å². The van der Waals surface area contributed by atoms with Crippen LogP contribution in [0.4, 0.5) is 0 Å². The largest absolute Gasteiger partial charge is 0.481 e. The molecule has 0 radical (unpaired) electrons. The quantitative estimate of drug-likeness (QED) is 0.886. The average molecular weight is 261 g/mol. The zero-order valence-corrected chi connectivity index (χ0v) is 11.6. The maximum absolute atomic E-state index is 11.0. The van der Waals surface area contributed by atoms with Crippen LogP contribution in [0.1, 0.15) is 25.3 Å². The summed E-state index contributed by atoms with van der Waals surface area (Å²) in [5, 5.41) is 9.04. The van der Waals surface area contributed by atoms with Crippen molar-refractivity contribution in [3.63, 3.8) is 0 Å². The molecule has 1 N–H and O–H groups in total. The van der Waals surface area contributed by atoms with E-state index in [1.165, 1.54) is 5.56 Å². The molecule has 1 aliphatic heterocycles. The second-order valence-corrected chi connectivity index (χ2v) is 5.54. The Labute approximate surface area is 115 Å². The lowest BCUT2D eigenvalue weighted by atomic mass is 9.85. The zero-order valence-electron chi connectivity index (χ0n) is 11.6. The van der Waals surface area contributed by atoms with Crippen molar-refractivity contribution in [2.75, 3.05) is 19.6 Å². The van der Waals surface area contributed by atoms with E-state index in [1.807, 2.05) is 13.0 Å². The molecule has 1 aliphatic rings. The fourth-order valence-corrected chi connectivity index (χ4v) is 2.81. The molecule has 3 nitrogen and oxygen atoms in total. The maximum Gasteiger partial charge on any atom is 0.306 e. The number of rotatable bonds is 5. The van der Waals surface area contributed by atoms with Crippen LogP contribution in [0.15, 0.2) is 30.3 Å². The molecule has 0 aliphatic carbocycles. The van der Waals surface area contributed by atoms with Crippen molar-refractivity contribution in [1.82, 2.24) is 4.90 Å². The summed E-state index contributed by atoms with van der Waals surface area (Å²) in [6.45, 7) is 5.00. The summed E-state index contributed by atoms with van der Waals surface area (Å²) >= 11 is 0. The van der Waals surface area contributed by atoms with E-state index in [0.29, 0.717) is 5.92 Å². The van der Waals surface area contributed by atoms with E-state index in [-0.39, 0.29) is 5.92 Å². The summed E-state index contributed by atoms with van der Waals surface area (Å²) in [6, 6.07) is 10.5. The van der Waals surface area contributed by atoms with Gasteiger partial charge in [0.15, 0.2) is 0 Å². The SMILES string of the molecule is CC(C(=O)O)C1CCN(CCc2ccccc2)CC1. The van der Waals surface area contributed by atoms with Gasteiger partial charge in [0.05, 0.1) is 5.92 Å². The second-order valence-electron chi connectivity index (χ2n) is 5.54. The molecule has 1 fully saturated rings. The molecule has 0 aromatic heterocycles. The molecule has 0 amide bonds. The summed E-state index contributed by atoms with van der Waals surface area (Å²) in [7, 11) is 0. The third-order valence-corrected chi connectivity index (χ3v) is 4.29. The van der Waals surface area contributed by atoms with Crippen molar-refractivity contribution >= 4 is 5.97 Å². The van der Waals surface area contributed by atoms with Gasteiger partial charge in [-0.05, 0) is 43.8 Å². The van der Waals surface area contributed by atoms with Crippen LogP contribution in [0.2, 0.25) is 0 Å². The molecular formula is C16H23NO2. The molecule has 0 saturated carbocycles. The van der Waals surface area contributed by atoms with Gasteiger partial charge in [-0.3, -0.25) is 4.79 Å². The van der Waals surface area contributed by atoms with E-state index in [2.05, 4.69) is 29.2 Å². The van der Waals surface area contributed by atoms with Gasteiger partial charge in [-0.15, -0.1) is 0 Å². The van der Waals surface area contributed by atoms with Crippen molar-refractivity contribution in [2.24, 2.45) is 11.8 Å². The minimum atomic E-state index is -0.650. The van der Waals surface area contributed by atoms with Gasteiger partial charge >= 0.3 is 5.97 Å². The molecule has 1 unspecified atom stereocenters. The standard InChI is InChI=1S/C16H23NO2/c1-13(16(18)19)15-8-11-17(12-9-15)10-7-14-5-3-2-4-6-14/h2-6,13,15H,7-12H2,1H3,(H,18,19). The normalized spacial score (nSPS) is 19.2. The molecule has 104 valence electrons. The highest BCUT2D eigenvalue weighted by Gasteiger charge is 2.27. The number of likely N-dealkylation sites (tertiary alicyclic amines) is 1. The Kier molecular flexibility index (Phi) is 4.97. The van der Waals surface area contributed by atoms with E-state index < -0.39 is 5.97 Å². The third-order valence-electron chi connectivity index (χ3n) is 4.29. The molecule has 3 heteroatoms. The van der Waals surface area contributed by atoms with E-state index >= 15 is 0 Å². The highest BCUT2D eigenvalue weighted by Crippen LogP contribution is 2.25. The van der Waals surface area contributed by atoms with Crippen LogP contribution in [0.25, 0.3) is 0 Å². The highest BCUT2D eigenvalue weighted by atomic mass is 16.4. The Morgan fingerprint density at radius 1 is 1.32 bits per heavy atom. The maximum atomic E-state index is 11.0. The van der Waals surface area contributed by atoms with Crippen molar-refractivity contribution in [2.45, 2.75) is 26.2 Å². The number of carbonyl (C=O) groups is 1. The van der Waals surface area contributed by atoms with Gasteiger partial charge in [-0.1, -0.05) is 37.3 Å². The minimum Gasteiger partial charge on any atom is -0.481 e. The van der Waals surface area contributed by atoms with Crippen LogP contribution in [-0.2, 0) is 11.2 Å². The Morgan fingerprint density at radius 2 is 1.95 bits per heavy atom. The third kappa shape index (κ3) is 4.06. The number of hydrogen-bond donors (Lipinski definition) is 1. The van der Waals surface area contributed by atoms with Gasteiger partial charge in [0.1, 0.15) is 0 Å². The second kappa shape index (κ2) is 6.71. The molecule has 1 aromatic rings. The molecule has 1 saturated heterocycles. The predicted molar refractivity (Wildman–Crippen MR) is 76.1 cm³/mol. The van der Waals surface area contributed by atoms with Crippen LogP contribution < -0.4 is 0 Å². The summed E-state index contributed by atoms with van der Waals surface area (Å²) in [5.74, 6) is -0.496.